The summed E-state index contributed by atoms with van der Waals surface area (Å²) >= 11 is 0. The highest BCUT2D eigenvalue weighted by Gasteiger charge is 2.37. The number of anilines is 4. The molecule has 7 rings (SSSR count). The molecule has 2 saturated heterocycles. The van der Waals surface area contributed by atoms with E-state index in [1.807, 2.05) is 16.7 Å². The fourth-order valence-electron chi connectivity index (χ4n) is 6.34. The predicted octanol–water partition coefficient (Wildman–Crippen LogP) is 5.47. The Kier molecular flexibility index (Phi) is 5.91. The minimum atomic E-state index is -0.267. The third-order valence-electron chi connectivity index (χ3n) is 8.99. The summed E-state index contributed by atoms with van der Waals surface area (Å²) < 4.78 is 17.3. The van der Waals surface area contributed by atoms with Crippen molar-refractivity contribution in [1.29, 1.82) is 0 Å². The molecule has 0 bridgehead atoms. The van der Waals surface area contributed by atoms with E-state index in [4.69, 9.17) is 10.7 Å². The molecule has 202 valence electrons. The van der Waals surface area contributed by atoms with Crippen LogP contribution < -0.4 is 16.0 Å². The maximum Gasteiger partial charge on any atom is 0.229 e. The van der Waals surface area contributed by atoms with Crippen molar-refractivity contribution in [1.82, 2.24) is 24.4 Å². The SMILES string of the molecule is CN1CCC2(CC1)CCN(c1ccc(Nc3ncc4c(F)c(C5CC5)n(-c5cccc(N)n5)c4n3)cc1)CC2. The zero-order valence-corrected chi connectivity index (χ0v) is 22.4. The molecule has 3 aromatic heterocycles. The zero-order valence-electron chi connectivity index (χ0n) is 22.4. The maximum absolute atomic E-state index is 15.5. The van der Waals surface area contributed by atoms with Crippen LogP contribution in [0.3, 0.4) is 0 Å². The summed E-state index contributed by atoms with van der Waals surface area (Å²) in [5.41, 5.74) is 9.75. The molecule has 8 nitrogen and oxygen atoms in total. The molecule has 3 N–H and O–H groups in total. The molecule has 9 heteroatoms. The first-order valence-corrected chi connectivity index (χ1v) is 14.1. The van der Waals surface area contributed by atoms with Gasteiger partial charge in [0.05, 0.1) is 11.1 Å². The molecule has 3 aliphatic rings. The minimum absolute atomic E-state index is 0.163. The standard InChI is InChI=1S/C30H35FN8/c1-37-15-11-30(12-16-37)13-17-38(18-14-30)22-9-7-21(8-10-22)34-29-33-19-23-26(31)27(20-5-6-20)39(28(23)36-29)25-4-2-3-24(32)35-25/h2-4,7-10,19-20H,5-6,11-18H2,1H3,(H2,32,35)(H,33,34,36). The van der Waals surface area contributed by atoms with Gasteiger partial charge in [-0.1, -0.05) is 6.07 Å². The highest BCUT2D eigenvalue weighted by Crippen LogP contribution is 2.45. The van der Waals surface area contributed by atoms with Crippen molar-refractivity contribution in [2.45, 2.75) is 44.4 Å². The molecule has 3 fully saturated rings. The summed E-state index contributed by atoms with van der Waals surface area (Å²) in [6, 6.07) is 13.9. The minimum Gasteiger partial charge on any atom is -0.384 e. The summed E-state index contributed by atoms with van der Waals surface area (Å²) in [6.45, 7) is 4.67. The third kappa shape index (κ3) is 4.58. The van der Waals surface area contributed by atoms with Gasteiger partial charge in [-0.3, -0.25) is 4.57 Å². The molecular formula is C30H35FN8. The lowest BCUT2D eigenvalue weighted by atomic mass is 9.71. The van der Waals surface area contributed by atoms with Gasteiger partial charge in [0.25, 0.3) is 0 Å². The molecule has 39 heavy (non-hydrogen) atoms. The van der Waals surface area contributed by atoms with E-state index in [0.29, 0.717) is 39.7 Å². The molecule has 1 aliphatic carbocycles. The van der Waals surface area contributed by atoms with E-state index in [-0.39, 0.29) is 11.7 Å². The van der Waals surface area contributed by atoms with Gasteiger partial charge in [0.15, 0.2) is 11.5 Å². The van der Waals surface area contributed by atoms with E-state index in [9.17, 15) is 0 Å². The Morgan fingerprint density at radius 2 is 1.67 bits per heavy atom. The number of likely N-dealkylation sites (tertiary alicyclic amines) is 1. The average molecular weight is 527 g/mol. The Balaban J connectivity index is 1.11. The van der Waals surface area contributed by atoms with E-state index < -0.39 is 0 Å². The average Bonchev–Trinajstić information content (AvgIpc) is 3.75. The second-order valence-corrected chi connectivity index (χ2v) is 11.6. The number of halogens is 1. The fourth-order valence-corrected chi connectivity index (χ4v) is 6.34. The molecule has 0 atom stereocenters. The number of nitrogens with one attached hydrogen (secondary N) is 1. The van der Waals surface area contributed by atoms with Gasteiger partial charge in [-0.2, -0.15) is 4.98 Å². The van der Waals surface area contributed by atoms with Crippen LogP contribution in [-0.4, -0.2) is 57.6 Å². The predicted molar refractivity (Wildman–Crippen MR) is 153 cm³/mol. The van der Waals surface area contributed by atoms with E-state index >= 15 is 4.39 Å². The van der Waals surface area contributed by atoms with Gasteiger partial charge in [0.1, 0.15) is 11.6 Å². The van der Waals surface area contributed by atoms with Crippen LogP contribution in [0.1, 0.15) is 50.1 Å². The summed E-state index contributed by atoms with van der Waals surface area (Å²) in [5.74, 6) is 1.27. The van der Waals surface area contributed by atoms with Gasteiger partial charge in [-0.15, -0.1) is 0 Å². The number of rotatable bonds is 5. The van der Waals surface area contributed by atoms with Crippen LogP contribution in [0.4, 0.5) is 27.5 Å². The monoisotopic (exact) mass is 526 g/mol. The van der Waals surface area contributed by atoms with E-state index in [1.54, 1.807) is 12.3 Å². The molecule has 0 amide bonds. The first kappa shape index (κ1) is 24.3. The highest BCUT2D eigenvalue weighted by molar-refractivity contribution is 5.81. The zero-order chi connectivity index (χ0) is 26.6. The van der Waals surface area contributed by atoms with E-state index in [0.717, 1.165) is 31.6 Å². The Morgan fingerprint density at radius 1 is 0.949 bits per heavy atom. The summed E-state index contributed by atoms with van der Waals surface area (Å²) in [6.07, 6.45) is 8.67. The Labute approximate surface area is 228 Å². The summed E-state index contributed by atoms with van der Waals surface area (Å²) in [7, 11) is 2.23. The second-order valence-electron chi connectivity index (χ2n) is 11.6. The van der Waals surface area contributed by atoms with Crippen LogP contribution >= 0.6 is 0 Å². The number of benzene rings is 1. The van der Waals surface area contributed by atoms with Crippen molar-refractivity contribution < 1.29 is 4.39 Å². The smallest absolute Gasteiger partial charge is 0.229 e. The van der Waals surface area contributed by atoms with Crippen LogP contribution in [0.15, 0.2) is 48.7 Å². The second kappa shape index (κ2) is 9.48. The van der Waals surface area contributed by atoms with E-state index in [1.165, 1.54) is 44.5 Å². The number of pyridine rings is 1. The number of nitrogens with two attached hydrogens (primary N) is 1. The highest BCUT2D eigenvalue weighted by atomic mass is 19.1. The van der Waals surface area contributed by atoms with Crippen LogP contribution in [0.25, 0.3) is 16.9 Å². The fraction of sp³-hybridized carbons (Fsp3) is 0.433. The summed E-state index contributed by atoms with van der Waals surface area (Å²) in [5, 5.41) is 3.71. The maximum atomic E-state index is 15.5. The summed E-state index contributed by atoms with van der Waals surface area (Å²) in [4.78, 5) is 18.6. The number of hydrogen-bond donors (Lipinski definition) is 2. The Bertz CT molecular complexity index is 1490. The number of piperidine rings is 2. The molecule has 2 aliphatic heterocycles. The van der Waals surface area contributed by atoms with Gasteiger partial charge >= 0.3 is 0 Å². The van der Waals surface area contributed by atoms with Crippen molar-refractivity contribution in [3.05, 3.63) is 60.2 Å². The number of aromatic nitrogens is 4. The third-order valence-corrected chi connectivity index (χ3v) is 8.99. The molecule has 1 aromatic carbocycles. The molecule has 0 radical (unpaired) electrons. The lowest BCUT2D eigenvalue weighted by Crippen LogP contribution is -2.46. The van der Waals surface area contributed by atoms with Crippen molar-refractivity contribution in [3.63, 3.8) is 0 Å². The van der Waals surface area contributed by atoms with Crippen LogP contribution in [0.2, 0.25) is 0 Å². The van der Waals surface area contributed by atoms with Crippen molar-refractivity contribution >= 4 is 34.2 Å². The molecule has 0 unspecified atom stereocenters. The molecule has 1 saturated carbocycles. The lowest BCUT2D eigenvalue weighted by molar-refractivity contribution is 0.0945. The van der Waals surface area contributed by atoms with Gasteiger partial charge < -0.3 is 20.9 Å². The molecular weight excluding hydrogens is 491 g/mol. The van der Waals surface area contributed by atoms with Gasteiger partial charge in [0.2, 0.25) is 5.95 Å². The van der Waals surface area contributed by atoms with E-state index in [2.05, 4.69) is 56.4 Å². The number of hydrogen-bond acceptors (Lipinski definition) is 7. The van der Waals surface area contributed by atoms with Crippen LogP contribution in [0.5, 0.6) is 0 Å². The first-order valence-electron chi connectivity index (χ1n) is 14.1. The normalized spacial score (nSPS) is 19.6. The molecule has 4 aromatic rings. The van der Waals surface area contributed by atoms with Gasteiger partial charge in [0, 0.05) is 36.6 Å². The van der Waals surface area contributed by atoms with Crippen molar-refractivity contribution in [2.24, 2.45) is 5.41 Å². The topological polar surface area (TPSA) is 88.1 Å². The van der Waals surface area contributed by atoms with Crippen molar-refractivity contribution in [3.8, 4) is 5.82 Å². The largest absolute Gasteiger partial charge is 0.384 e. The van der Waals surface area contributed by atoms with Crippen LogP contribution in [-0.2, 0) is 0 Å². The number of nitrogen functional groups attached to an aromatic ring is 1. The quantitative estimate of drug-likeness (QED) is 0.357. The number of fused-ring (bicyclic) bond motifs is 1. The Hall–Kier alpha value is -3.72. The van der Waals surface area contributed by atoms with Crippen molar-refractivity contribution in [2.75, 3.05) is 49.2 Å². The van der Waals surface area contributed by atoms with Gasteiger partial charge in [-0.05, 0) is 100 Å². The molecule has 1 spiro atoms. The first-order chi connectivity index (χ1) is 19.0. The number of nitrogens with zero attached hydrogens (tertiary/aromatic N) is 6. The molecule has 5 heterocycles. The van der Waals surface area contributed by atoms with Crippen LogP contribution in [0, 0.1) is 11.2 Å². The van der Waals surface area contributed by atoms with Gasteiger partial charge in [-0.25, -0.2) is 14.4 Å². The lowest BCUT2D eigenvalue weighted by Gasteiger charge is -2.46. The Morgan fingerprint density at radius 3 is 2.36 bits per heavy atom.